The molecule has 5 nitrogen and oxygen atoms in total. The lowest BCUT2D eigenvalue weighted by Crippen LogP contribution is -2.41. The average Bonchev–Trinajstić information content (AvgIpc) is 2.23. The van der Waals surface area contributed by atoms with E-state index in [0.717, 1.165) is 6.07 Å². The number of hydrogen-bond donors (Lipinski definition) is 3. The fraction of sp³-hybridized carbons (Fsp3) is 0.200. The number of carboxylic acids is 1. The quantitative estimate of drug-likeness (QED) is 0.778. The summed E-state index contributed by atoms with van der Waals surface area (Å²) in [6.45, 7) is 1.29. The number of amides is 2. The Hall–Kier alpha value is -1.82. The maximum Gasteiger partial charge on any atom is 0.325 e. The largest absolute Gasteiger partial charge is 0.480 e. The third-order valence-corrected chi connectivity index (χ3v) is 2.13. The van der Waals surface area contributed by atoms with E-state index in [1.54, 1.807) is 0 Å². The lowest BCUT2D eigenvalue weighted by atomic mass is 10.3. The van der Waals surface area contributed by atoms with Crippen molar-refractivity contribution in [3.63, 3.8) is 0 Å². The van der Waals surface area contributed by atoms with E-state index >= 15 is 0 Å². The Morgan fingerprint density at radius 3 is 2.71 bits per heavy atom. The summed E-state index contributed by atoms with van der Waals surface area (Å²) in [6.07, 6.45) is 0. The van der Waals surface area contributed by atoms with Gasteiger partial charge in [-0.25, -0.2) is 9.18 Å². The van der Waals surface area contributed by atoms with Gasteiger partial charge in [0.15, 0.2) is 0 Å². The van der Waals surface area contributed by atoms with E-state index in [2.05, 4.69) is 10.6 Å². The van der Waals surface area contributed by atoms with E-state index < -0.39 is 23.9 Å². The van der Waals surface area contributed by atoms with Crippen molar-refractivity contribution < 1.29 is 19.1 Å². The van der Waals surface area contributed by atoms with Gasteiger partial charge < -0.3 is 15.7 Å². The molecule has 0 aliphatic carbocycles. The molecule has 0 aliphatic heterocycles. The summed E-state index contributed by atoms with van der Waals surface area (Å²) in [5.41, 5.74) is -0.118. The molecular formula is C10H10ClFN2O3. The standard InChI is InChI=1S/C10H10ClFN2O3/c1-5(9(15)16)13-10(17)14-8-4-6(11)2-3-7(8)12/h2-5H,1H3,(H,15,16)(H2,13,14,17)/t5-/m1/s1. The first-order chi connectivity index (χ1) is 7.90. The lowest BCUT2D eigenvalue weighted by molar-refractivity contribution is -0.138. The van der Waals surface area contributed by atoms with Crippen molar-refractivity contribution in [1.29, 1.82) is 0 Å². The second-order valence-corrected chi connectivity index (χ2v) is 3.72. The number of nitrogens with one attached hydrogen (secondary N) is 2. The van der Waals surface area contributed by atoms with Gasteiger partial charge in [-0.3, -0.25) is 4.79 Å². The summed E-state index contributed by atoms with van der Waals surface area (Å²) in [6, 6.07) is 1.76. The fourth-order valence-electron chi connectivity index (χ4n) is 1.01. The van der Waals surface area contributed by atoms with Crippen LogP contribution in [-0.2, 0) is 4.79 Å². The van der Waals surface area contributed by atoms with Gasteiger partial charge in [-0.2, -0.15) is 0 Å². The van der Waals surface area contributed by atoms with Crippen LogP contribution in [-0.4, -0.2) is 23.1 Å². The van der Waals surface area contributed by atoms with Gasteiger partial charge in [0.25, 0.3) is 0 Å². The van der Waals surface area contributed by atoms with Crippen LogP contribution in [0, 0.1) is 5.82 Å². The molecule has 1 aromatic carbocycles. The normalized spacial score (nSPS) is 11.7. The molecule has 1 atom stereocenters. The number of aliphatic carboxylic acids is 1. The van der Waals surface area contributed by atoms with Gasteiger partial charge in [-0.1, -0.05) is 11.6 Å². The van der Waals surface area contributed by atoms with E-state index in [9.17, 15) is 14.0 Å². The number of halogens is 2. The molecule has 92 valence electrons. The summed E-state index contributed by atoms with van der Waals surface area (Å²) in [5.74, 6) is -1.85. The highest BCUT2D eigenvalue weighted by Crippen LogP contribution is 2.19. The summed E-state index contributed by atoms with van der Waals surface area (Å²) < 4.78 is 13.2. The van der Waals surface area contributed by atoms with E-state index in [0.29, 0.717) is 0 Å². The Morgan fingerprint density at radius 2 is 2.12 bits per heavy atom. The number of urea groups is 1. The predicted octanol–water partition coefficient (Wildman–Crippen LogP) is 2.07. The van der Waals surface area contributed by atoms with Gasteiger partial charge in [0.05, 0.1) is 5.69 Å². The third kappa shape index (κ3) is 3.92. The van der Waals surface area contributed by atoms with Crippen LogP contribution < -0.4 is 10.6 Å². The molecule has 1 aromatic rings. The minimum absolute atomic E-state index is 0.118. The van der Waals surface area contributed by atoms with E-state index in [1.165, 1.54) is 19.1 Å². The smallest absolute Gasteiger partial charge is 0.325 e. The fourth-order valence-corrected chi connectivity index (χ4v) is 1.18. The van der Waals surface area contributed by atoms with Crippen LogP contribution in [0.4, 0.5) is 14.9 Å². The molecule has 7 heteroatoms. The van der Waals surface area contributed by atoms with Crippen LogP contribution in [0.25, 0.3) is 0 Å². The molecule has 1 rings (SSSR count). The monoisotopic (exact) mass is 260 g/mol. The van der Waals surface area contributed by atoms with Crippen LogP contribution in [0.3, 0.4) is 0 Å². The molecule has 0 fully saturated rings. The highest BCUT2D eigenvalue weighted by atomic mass is 35.5. The molecule has 0 aliphatic rings. The van der Waals surface area contributed by atoms with E-state index in [4.69, 9.17) is 16.7 Å². The van der Waals surface area contributed by atoms with Crippen LogP contribution in [0.1, 0.15) is 6.92 Å². The molecule has 2 amide bonds. The number of carbonyl (C=O) groups is 2. The van der Waals surface area contributed by atoms with E-state index in [-0.39, 0.29) is 10.7 Å². The number of anilines is 1. The Kier molecular flexibility index (Phi) is 4.28. The van der Waals surface area contributed by atoms with Crippen molar-refractivity contribution in [1.82, 2.24) is 5.32 Å². The van der Waals surface area contributed by atoms with Crippen molar-refractivity contribution in [2.45, 2.75) is 13.0 Å². The Balaban J connectivity index is 2.68. The molecule has 17 heavy (non-hydrogen) atoms. The highest BCUT2D eigenvalue weighted by molar-refractivity contribution is 6.30. The van der Waals surface area contributed by atoms with E-state index in [1.807, 2.05) is 0 Å². The Morgan fingerprint density at radius 1 is 1.47 bits per heavy atom. The minimum atomic E-state index is -1.19. The topological polar surface area (TPSA) is 78.4 Å². The first-order valence-electron chi connectivity index (χ1n) is 4.65. The van der Waals surface area contributed by atoms with Crippen molar-refractivity contribution in [3.8, 4) is 0 Å². The van der Waals surface area contributed by atoms with Gasteiger partial charge >= 0.3 is 12.0 Å². The second kappa shape index (κ2) is 5.49. The average molecular weight is 261 g/mol. The lowest BCUT2D eigenvalue weighted by Gasteiger charge is -2.11. The molecule has 0 heterocycles. The van der Waals surface area contributed by atoms with Gasteiger partial charge in [0.2, 0.25) is 0 Å². The first-order valence-corrected chi connectivity index (χ1v) is 5.03. The Bertz CT molecular complexity index is 453. The SMILES string of the molecule is C[C@@H](NC(=O)Nc1cc(Cl)ccc1F)C(=O)O. The van der Waals surface area contributed by atoms with Crippen LogP contribution in [0.2, 0.25) is 5.02 Å². The van der Waals surface area contributed by atoms with Crippen molar-refractivity contribution in [2.24, 2.45) is 0 Å². The summed E-state index contributed by atoms with van der Waals surface area (Å²) >= 11 is 5.62. The zero-order chi connectivity index (χ0) is 13.0. The molecular weight excluding hydrogens is 251 g/mol. The summed E-state index contributed by atoms with van der Waals surface area (Å²) in [7, 11) is 0. The number of hydrogen-bond acceptors (Lipinski definition) is 2. The molecule has 0 unspecified atom stereocenters. The van der Waals surface area contributed by atoms with Gasteiger partial charge in [-0.15, -0.1) is 0 Å². The zero-order valence-corrected chi connectivity index (χ0v) is 9.58. The maximum atomic E-state index is 13.2. The van der Waals surface area contributed by atoms with Crippen molar-refractivity contribution in [3.05, 3.63) is 29.0 Å². The first kappa shape index (κ1) is 13.2. The van der Waals surface area contributed by atoms with Gasteiger partial charge in [0.1, 0.15) is 11.9 Å². The third-order valence-electron chi connectivity index (χ3n) is 1.89. The maximum absolute atomic E-state index is 13.2. The van der Waals surface area contributed by atoms with Crippen molar-refractivity contribution >= 4 is 29.3 Å². The number of benzene rings is 1. The molecule has 3 N–H and O–H groups in total. The van der Waals surface area contributed by atoms with Crippen LogP contribution in [0.5, 0.6) is 0 Å². The number of carbonyl (C=O) groups excluding carboxylic acids is 1. The Labute approximate surface area is 102 Å². The molecule has 0 bridgehead atoms. The summed E-state index contributed by atoms with van der Waals surface area (Å²) in [4.78, 5) is 21.8. The summed E-state index contributed by atoms with van der Waals surface area (Å²) in [5, 5.41) is 13.1. The molecule has 0 spiro atoms. The zero-order valence-electron chi connectivity index (χ0n) is 8.83. The van der Waals surface area contributed by atoms with Crippen LogP contribution >= 0.6 is 11.6 Å². The van der Waals surface area contributed by atoms with Gasteiger partial charge in [-0.05, 0) is 25.1 Å². The molecule has 0 saturated heterocycles. The second-order valence-electron chi connectivity index (χ2n) is 3.28. The number of rotatable bonds is 3. The van der Waals surface area contributed by atoms with Crippen molar-refractivity contribution in [2.75, 3.05) is 5.32 Å². The predicted molar refractivity (Wildman–Crippen MR) is 60.7 cm³/mol. The highest BCUT2D eigenvalue weighted by Gasteiger charge is 2.14. The van der Waals surface area contributed by atoms with Crippen LogP contribution in [0.15, 0.2) is 18.2 Å². The number of carboxylic acid groups (broad SMARTS) is 1. The molecule has 0 radical (unpaired) electrons. The molecule has 0 aromatic heterocycles. The van der Waals surface area contributed by atoms with Gasteiger partial charge in [0, 0.05) is 5.02 Å². The molecule has 0 saturated carbocycles. The minimum Gasteiger partial charge on any atom is -0.480 e.